The molecule has 1 heterocycles. The van der Waals surface area contributed by atoms with E-state index in [4.69, 9.17) is 0 Å². The van der Waals surface area contributed by atoms with Gasteiger partial charge in [-0.1, -0.05) is 26.7 Å². The molecular formula is C12H18BrN3O2. The fraction of sp³-hybridized carbons (Fsp3) is 0.583. The van der Waals surface area contributed by atoms with E-state index in [-0.39, 0.29) is 5.69 Å². The van der Waals surface area contributed by atoms with Crippen LogP contribution in [-0.2, 0) is 0 Å². The molecule has 0 aliphatic carbocycles. The van der Waals surface area contributed by atoms with Gasteiger partial charge in [0.2, 0.25) is 0 Å². The van der Waals surface area contributed by atoms with E-state index in [1.54, 1.807) is 0 Å². The van der Waals surface area contributed by atoms with Crippen molar-refractivity contribution in [3.63, 3.8) is 0 Å². The zero-order chi connectivity index (χ0) is 13.5. The highest BCUT2D eigenvalue weighted by molar-refractivity contribution is 9.10. The summed E-state index contributed by atoms with van der Waals surface area (Å²) in [7, 11) is 0. The number of aromatic nitrogens is 1. The first-order valence-corrected chi connectivity index (χ1v) is 6.84. The Hall–Kier alpha value is -1.17. The van der Waals surface area contributed by atoms with E-state index in [1.807, 2.05) is 0 Å². The van der Waals surface area contributed by atoms with Crippen molar-refractivity contribution < 1.29 is 4.92 Å². The maximum atomic E-state index is 10.6. The molecule has 1 aromatic heterocycles. The Labute approximate surface area is 115 Å². The molecular weight excluding hydrogens is 298 g/mol. The second-order valence-corrected chi connectivity index (χ2v) is 5.45. The summed E-state index contributed by atoms with van der Waals surface area (Å²) < 4.78 is 0.626. The minimum absolute atomic E-state index is 0.00719. The third kappa shape index (κ3) is 5.00. The van der Waals surface area contributed by atoms with E-state index < -0.39 is 4.92 Å². The van der Waals surface area contributed by atoms with Gasteiger partial charge in [-0.2, -0.15) is 0 Å². The van der Waals surface area contributed by atoms with Crippen molar-refractivity contribution in [1.29, 1.82) is 0 Å². The molecule has 6 heteroatoms. The van der Waals surface area contributed by atoms with E-state index in [1.165, 1.54) is 25.1 Å². The molecule has 0 unspecified atom stereocenters. The Kier molecular flexibility index (Phi) is 6.04. The van der Waals surface area contributed by atoms with Gasteiger partial charge in [-0.25, -0.2) is 4.98 Å². The van der Waals surface area contributed by atoms with Crippen LogP contribution in [0.25, 0.3) is 0 Å². The Morgan fingerprint density at radius 1 is 1.50 bits per heavy atom. The van der Waals surface area contributed by atoms with Crippen LogP contribution in [0.1, 0.15) is 33.1 Å². The first-order chi connectivity index (χ1) is 8.50. The van der Waals surface area contributed by atoms with Crippen LogP contribution in [0.4, 0.5) is 11.5 Å². The number of rotatable bonds is 7. The first kappa shape index (κ1) is 14.9. The fourth-order valence-corrected chi connectivity index (χ4v) is 2.02. The molecule has 0 aliphatic rings. The lowest BCUT2D eigenvalue weighted by atomic mass is 10.1. The van der Waals surface area contributed by atoms with Crippen molar-refractivity contribution in [2.24, 2.45) is 5.92 Å². The standard InChI is InChI=1S/C12H18BrN3O2/c1-9(2)5-3-4-6-14-12-11(13)7-10(8-15-12)16(17)18/h7-9H,3-6H2,1-2H3,(H,14,15). The van der Waals surface area contributed by atoms with Gasteiger partial charge in [0.25, 0.3) is 5.69 Å². The molecule has 0 aromatic carbocycles. The van der Waals surface area contributed by atoms with Gasteiger partial charge >= 0.3 is 0 Å². The summed E-state index contributed by atoms with van der Waals surface area (Å²) in [5.74, 6) is 1.39. The summed E-state index contributed by atoms with van der Waals surface area (Å²) in [6.45, 7) is 5.25. The molecule has 100 valence electrons. The predicted octanol–water partition coefficient (Wildman–Crippen LogP) is 3.99. The minimum Gasteiger partial charge on any atom is -0.369 e. The molecule has 0 fully saturated rings. The number of nitrogens with zero attached hydrogens (tertiary/aromatic N) is 2. The quantitative estimate of drug-likeness (QED) is 0.469. The lowest BCUT2D eigenvalue weighted by Crippen LogP contribution is -2.05. The summed E-state index contributed by atoms with van der Waals surface area (Å²) in [6.07, 6.45) is 4.73. The van der Waals surface area contributed by atoms with Gasteiger partial charge < -0.3 is 5.32 Å². The van der Waals surface area contributed by atoms with Crippen LogP contribution < -0.4 is 5.32 Å². The number of hydrogen-bond donors (Lipinski definition) is 1. The number of halogens is 1. The number of pyridine rings is 1. The summed E-state index contributed by atoms with van der Waals surface area (Å²) >= 11 is 3.28. The second-order valence-electron chi connectivity index (χ2n) is 4.60. The Morgan fingerprint density at radius 2 is 2.22 bits per heavy atom. The number of unbranched alkanes of at least 4 members (excludes halogenated alkanes) is 1. The van der Waals surface area contributed by atoms with E-state index in [0.717, 1.165) is 18.9 Å². The SMILES string of the molecule is CC(C)CCCCNc1ncc([N+](=O)[O-])cc1Br. The van der Waals surface area contributed by atoms with Gasteiger partial charge in [-0.3, -0.25) is 10.1 Å². The van der Waals surface area contributed by atoms with Gasteiger partial charge in [-0.15, -0.1) is 0 Å². The molecule has 0 aliphatic heterocycles. The van der Waals surface area contributed by atoms with Gasteiger partial charge in [-0.05, 0) is 28.3 Å². The maximum absolute atomic E-state index is 10.6. The van der Waals surface area contributed by atoms with Crippen LogP contribution in [0.15, 0.2) is 16.7 Å². The topological polar surface area (TPSA) is 68.1 Å². The molecule has 1 aromatic rings. The van der Waals surface area contributed by atoms with E-state index in [0.29, 0.717) is 10.3 Å². The van der Waals surface area contributed by atoms with Gasteiger partial charge in [0.15, 0.2) is 0 Å². The zero-order valence-electron chi connectivity index (χ0n) is 10.6. The number of anilines is 1. The average Bonchev–Trinajstić information content (AvgIpc) is 2.29. The van der Waals surface area contributed by atoms with Crippen LogP contribution in [0, 0.1) is 16.0 Å². The molecule has 18 heavy (non-hydrogen) atoms. The van der Waals surface area contributed by atoms with Gasteiger partial charge in [0.05, 0.1) is 9.40 Å². The summed E-state index contributed by atoms with van der Waals surface area (Å²) in [5.41, 5.74) is -0.00719. The third-order valence-electron chi connectivity index (χ3n) is 2.54. The highest BCUT2D eigenvalue weighted by Crippen LogP contribution is 2.24. The zero-order valence-corrected chi connectivity index (χ0v) is 12.2. The second kappa shape index (κ2) is 7.31. The minimum atomic E-state index is -0.454. The van der Waals surface area contributed by atoms with Crippen LogP contribution >= 0.6 is 15.9 Å². The lowest BCUT2D eigenvalue weighted by Gasteiger charge is -2.08. The molecule has 1 N–H and O–H groups in total. The Bertz CT molecular complexity index is 410. The third-order valence-corrected chi connectivity index (χ3v) is 3.14. The van der Waals surface area contributed by atoms with Crippen LogP contribution in [-0.4, -0.2) is 16.5 Å². The van der Waals surface area contributed by atoms with Crippen molar-refractivity contribution in [2.75, 3.05) is 11.9 Å². The van der Waals surface area contributed by atoms with Crippen molar-refractivity contribution in [2.45, 2.75) is 33.1 Å². The number of hydrogen-bond acceptors (Lipinski definition) is 4. The molecule has 0 radical (unpaired) electrons. The highest BCUT2D eigenvalue weighted by atomic mass is 79.9. The first-order valence-electron chi connectivity index (χ1n) is 6.04. The van der Waals surface area contributed by atoms with E-state index in [9.17, 15) is 10.1 Å². The normalized spacial score (nSPS) is 10.7. The fourth-order valence-electron chi connectivity index (χ4n) is 1.54. The largest absolute Gasteiger partial charge is 0.369 e. The molecule has 1 rings (SSSR count). The number of nitro groups is 1. The number of nitrogens with one attached hydrogen (secondary N) is 1. The summed E-state index contributed by atoms with van der Waals surface area (Å²) in [4.78, 5) is 14.1. The van der Waals surface area contributed by atoms with Crippen LogP contribution in [0.5, 0.6) is 0 Å². The monoisotopic (exact) mass is 315 g/mol. The molecule has 5 nitrogen and oxygen atoms in total. The van der Waals surface area contributed by atoms with Crippen molar-refractivity contribution in [3.05, 3.63) is 26.9 Å². The Morgan fingerprint density at radius 3 is 2.78 bits per heavy atom. The van der Waals surface area contributed by atoms with Gasteiger partial charge in [0.1, 0.15) is 12.0 Å². The van der Waals surface area contributed by atoms with E-state index >= 15 is 0 Å². The van der Waals surface area contributed by atoms with Crippen molar-refractivity contribution in [3.8, 4) is 0 Å². The maximum Gasteiger partial charge on any atom is 0.288 e. The Balaban J connectivity index is 2.41. The highest BCUT2D eigenvalue weighted by Gasteiger charge is 2.09. The molecule has 0 saturated carbocycles. The molecule has 0 amide bonds. The molecule has 0 atom stereocenters. The smallest absolute Gasteiger partial charge is 0.288 e. The molecule has 0 saturated heterocycles. The molecule has 0 spiro atoms. The van der Waals surface area contributed by atoms with Crippen molar-refractivity contribution >= 4 is 27.4 Å². The summed E-state index contributed by atoms with van der Waals surface area (Å²) in [5, 5.41) is 13.7. The molecule has 0 bridgehead atoms. The predicted molar refractivity (Wildman–Crippen MR) is 75.8 cm³/mol. The van der Waals surface area contributed by atoms with Crippen LogP contribution in [0.2, 0.25) is 0 Å². The van der Waals surface area contributed by atoms with Crippen molar-refractivity contribution in [1.82, 2.24) is 4.98 Å². The lowest BCUT2D eigenvalue weighted by molar-refractivity contribution is -0.385. The van der Waals surface area contributed by atoms with Gasteiger partial charge in [0, 0.05) is 12.6 Å². The van der Waals surface area contributed by atoms with E-state index in [2.05, 4.69) is 40.1 Å². The average molecular weight is 316 g/mol. The van der Waals surface area contributed by atoms with Crippen LogP contribution in [0.3, 0.4) is 0 Å². The summed E-state index contributed by atoms with van der Waals surface area (Å²) in [6, 6.07) is 1.46.